The Morgan fingerprint density at radius 1 is 1.30 bits per heavy atom. The van der Waals surface area contributed by atoms with Gasteiger partial charge in [-0.05, 0) is 49.2 Å². The minimum atomic E-state index is 0.287. The number of fused-ring (bicyclic) bond motifs is 1. The SMILES string of the molecule is CCCNCc1occc1-c1ccc2c(c1)CC(C)O2. The molecule has 1 aromatic heterocycles. The van der Waals surface area contributed by atoms with Crippen LogP contribution >= 0.6 is 0 Å². The van der Waals surface area contributed by atoms with Crippen LogP contribution in [0.4, 0.5) is 0 Å². The molecule has 1 atom stereocenters. The van der Waals surface area contributed by atoms with Crippen LogP contribution in [-0.2, 0) is 13.0 Å². The summed E-state index contributed by atoms with van der Waals surface area (Å²) in [5.41, 5.74) is 3.68. The van der Waals surface area contributed by atoms with E-state index < -0.39 is 0 Å². The second-order valence-corrected chi connectivity index (χ2v) is 5.39. The number of benzene rings is 1. The molecule has 0 bridgehead atoms. The third-order valence-electron chi connectivity index (χ3n) is 3.66. The normalized spacial score (nSPS) is 17.0. The zero-order valence-electron chi connectivity index (χ0n) is 12.1. The van der Waals surface area contributed by atoms with Crippen LogP contribution in [0.15, 0.2) is 34.9 Å². The Hall–Kier alpha value is -1.74. The van der Waals surface area contributed by atoms with Crippen LogP contribution in [0.25, 0.3) is 11.1 Å². The lowest BCUT2D eigenvalue weighted by Crippen LogP contribution is -2.13. The molecule has 1 N–H and O–H groups in total. The van der Waals surface area contributed by atoms with E-state index in [2.05, 4.69) is 37.4 Å². The lowest BCUT2D eigenvalue weighted by Gasteiger charge is -2.06. The monoisotopic (exact) mass is 271 g/mol. The van der Waals surface area contributed by atoms with Crippen molar-refractivity contribution in [1.29, 1.82) is 0 Å². The van der Waals surface area contributed by atoms with Crippen LogP contribution in [0.3, 0.4) is 0 Å². The molecule has 0 spiro atoms. The van der Waals surface area contributed by atoms with Crippen LogP contribution in [0.1, 0.15) is 31.6 Å². The average Bonchev–Trinajstić information content (AvgIpc) is 3.03. The van der Waals surface area contributed by atoms with Crippen molar-refractivity contribution >= 4 is 0 Å². The van der Waals surface area contributed by atoms with E-state index in [1.807, 2.05) is 6.07 Å². The number of hydrogen-bond acceptors (Lipinski definition) is 3. The second-order valence-electron chi connectivity index (χ2n) is 5.39. The summed E-state index contributed by atoms with van der Waals surface area (Å²) in [6, 6.07) is 8.46. The lowest BCUT2D eigenvalue weighted by atomic mass is 10.0. The molecule has 3 heteroatoms. The van der Waals surface area contributed by atoms with Gasteiger partial charge in [0.05, 0.1) is 12.8 Å². The fourth-order valence-corrected chi connectivity index (χ4v) is 2.70. The molecule has 2 heterocycles. The Morgan fingerprint density at radius 2 is 2.20 bits per heavy atom. The lowest BCUT2D eigenvalue weighted by molar-refractivity contribution is 0.254. The topological polar surface area (TPSA) is 34.4 Å². The van der Waals surface area contributed by atoms with E-state index in [-0.39, 0.29) is 6.10 Å². The Balaban J connectivity index is 1.83. The minimum Gasteiger partial charge on any atom is -0.490 e. The van der Waals surface area contributed by atoms with Crippen LogP contribution in [0, 0.1) is 0 Å². The van der Waals surface area contributed by atoms with E-state index in [0.717, 1.165) is 37.4 Å². The van der Waals surface area contributed by atoms with Gasteiger partial charge < -0.3 is 14.5 Å². The summed E-state index contributed by atoms with van der Waals surface area (Å²) in [5, 5.41) is 3.39. The minimum absolute atomic E-state index is 0.287. The van der Waals surface area contributed by atoms with E-state index in [1.165, 1.54) is 16.7 Å². The summed E-state index contributed by atoms with van der Waals surface area (Å²) in [6.45, 7) is 6.06. The van der Waals surface area contributed by atoms with Gasteiger partial charge >= 0.3 is 0 Å². The molecule has 0 saturated carbocycles. The van der Waals surface area contributed by atoms with Gasteiger partial charge in [-0.25, -0.2) is 0 Å². The first-order valence-electron chi connectivity index (χ1n) is 7.35. The Bertz CT molecular complexity index is 588. The molecular formula is C17H21NO2. The highest BCUT2D eigenvalue weighted by Crippen LogP contribution is 2.34. The predicted molar refractivity (Wildman–Crippen MR) is 79.9 cm³/mol. The van der Waals surface area contributed by atoms with Gasteiger partial charge in [0.1, 0.15) is 17.6 Å². The van der Waals surface area contributed by atoms with Gasteiger partial charge in [0.2, 0.25) is 0 Å². The Labute approximate surface area is 119 Å². The third-order valence-corrected chi connectivity index (χ3v) is 3.66. The summed E-state index contributed by atoms with van der Waals surface area (Å²) in [5.74, 6) is 2.03. The average molecular weight is 271 g/mol. The van der Waals surface area contributed by atoms with Gasteiger partial charge in [-0.2, -0.15) is 0 Å². The first kappa shape index (κ1) is 13.3. The molecule has 20 heavy (non-hydrogen) atoms. The Kier molecular flexibility index (Phi) is 3.79. The number of nitrogens with one attached hydrogen (secondary N) is 1. The smallest absolute Gasteiger partial charge is 0.125 e. The number of rotatable bonds is 5. The van der Waals surface area contributed by atoms with E-state index in [9.17, 15) is 0 Å². The zero-order valence-corrected chi connectivity index (χ0v) is 12.1. The summed E-state index contributed by atoms with van der Waals surface area (Å²) >= 11 is 0. The first-order valence-corrected chi connectivity index (χ1v) is 7.35. The van der Waals surface area contributed by atoms with Crippen LogP contribution < -0.4 is 10.1 Å². The number of furan rings is 1. The van der Waals surface area contributed by atoms with E-state index in [0.29, 0.717) is 0 Å². The van der Waals surface area contributed by atoms with Crippen molar-refractivity contribution in [1.82, 2.24) is 5.32 Å². The molecule has 0 amide bonds. The van der Waals surface area contributed by atoms with E-state index in [4.69, 9.17) is 9.15 Å². The highest BCUT2D eigenvalue weighted by molar-refractivity contribution is 5.68. The fourth-order valence-electron chi connectivity index (χ4n) is 2.70. The maximum absolute atomic E-state index is 5.75. The Morgan fingerprint density at radius 3 is 3.05 bits per heavy atom. The highest BCUT2D eigenvalue weighted by atomic mass is 16.5. The van der Waals surface area contributed by atoms with Crippen molar-refractivity contribution in [2.45, 2.75) is 39.3 Å². The number of hydrogen-bond donors (Lipinski definition) is 1. The first-order chi connectivity index (χ1) is 9.78. The maximum atomic E-state index is 5.75. The predicted octanol–water partition coefficient (Wildman–Crippen LogP) is 3.77. The van der Waals surface area contributed by atoms with E-state index in [1.54, 1.807) is 6.26 Å². The van der Waals surface area contributed by atoms with Crippen LogP contribution in [0.2, 0.25) is 0 Å². The van der Waals surface area contributed by atoms with Gasteiger partial charge in [-0.15, -0.1) is 0 Å². The molecule has 0 fully saturated rings. The van der Waals surface area contributed by atoms with Crippen molar-refractivity contribution in [3.05, 3.63) is 41.9 Å². The molecule has 0 saturated heterocycles. The molecule has 1 unspecified atom stereocenters. The zero-order chi connectivity index (χ0) is 13.9. The molecule has 106 valence electrons. The van der Waals surface area contributed by atoms with Gasteiger partial charge in [0, 0.05) is 12.0 Å². The molecule has 3 nitrogen and oxygen atoms in total. The summed E-state index contributed by atoms with van der Waals surface area (Å²) in [7, 11) is 0. The van der Waals surface area contributed by atoms with Gasteiger partial charge in [0.25, 0.3) is 0 Å². The highest BCUT2D eigenvalue weighted by Gasteiger charge is 2.20. The van der Waals surface area contributed by atoms with Crippen molar-refractivity contribution in [2.24, 2.45) is 0 Å². The van der Waals surface area contributed by atoms with Crippen molar-refractivity contribution in [2.75, 3.05) is 6.54 Å². The third kappa shape index (κ3) is 2.59. The molecule has 1 aliphatic heterocycles. The maximum Gasteiger partial charge on any atom is 0.125 e. The molecule has 1 aromatic carbocycles. The molecule has 1 aliphatic rings. The summed E-state index contributed by atoms with van der Waals surface area (Å²) < 4.78 is 11.4. The summed E-state index contributed by atoms with van der Waals surface area (Å²) in [4.78, 5) is 0. The van der Waals surface area contributed by atoms with E-state index >= 15 is 0 Å². The number of ether oxygens (including phenoxy) is 1. The van der Waals surface area contributed by atoms with Crippen molar-refractivity contribution in [3.8, 4) is 16.9 Å². The molecular weight excluding hydrogens is 250 g/mol. The summed E-state index contributed by atoms with van der Waals surface area (Å²) in [6.07, 6.45) is 4.18. The van der Waals surface area contributed by atoms with Gasteiger partial charge in [0.15, 0.2) is 0 Å². The molecule has 2 aromatic rings. The standard InChI is InChI=1S/C17H21NO2/c1-3-7-18-11-17-15(6-8-19-17)13-4-5-16-14(10-13)9-12(2)20-16/h4-6,8,10,12,18H,3,7,9,11H2,1-2H3. The van der Waals surface area contributed by atoms with Gasteiger partial charge in [-0.1, -0.05) is 13.0 Å². The van der Waals surface area contributed by atoms with Crippen LogP contribution in [-0.4, -0.2) is 12.6 Å². The molecule has 0 radical (unpaired) electrons. The van der Waals surface area contributed by atoms with Crippen molar-refractivity contribution in [3.63, 3.8) is 0 Å². The van der Waals surface area contributed by atoms with Gasteiger partial charge in [-0.3, -0.25) is 0 Å². The van der Waals surface area contributed by atoms with Crippen LogP contribution in [0.5, 0.6) is 5.75 Å². The largest absolute Gasteiger partial charge is 0.490 e. The quantitative estimate of drug-likeness (QED) is 0.841. The van der Waals surface area contributed by atoms with Crippen molar-refractivity contribution < 1.29 is 9.15 Å². The molecule has 0 aliphatic carbocycles. The molecule has 3 rings (SSSR count). The second kappa shape index (κ2) is 5.71. The fraction of sp³-hybridized carbons (Fsp3) is 0.412.